The first kappa shape index (κ1) is 16.3. The monoisotopic (exact) mass is 291 g/mol. The molecule has 4 nitrogen and oxygen atoms in total. The average molecular weight is 291 g/mol. The SMILES string of the molecule is CC(C(=O)O)N(C)Cc1ccc(OCC(F)(F)F)cc1. The smallest absolute Gasteiger partial charge is 0.422 e. The third kappa shape index (κ3) is 5.48. The van der Waals surface area contributed by atoms with Gasteiger partial charge in [-0.1, -0.05) is 12.1 Å². The Kier molecular flexibility index (Phi) is 5.38. The fourth-order valence-electron chi connectivity index (χ4n) is 1.47. The van der Waals surface area contributed by atoms with E-state index in [2.05, 4.69) is 4.74 Å². The summed E-state index contributed by atoms with van der Waals surface area (Å²) in [7, 11) is 1.66. The van der Waals surface area contributed by atoms with Gasteiger partial charge in [0.1, 0.15) is 11.8 Å². The van der Waals surface area contributed by atoms with E-state index in [0.717, 1.165) is 5.56 Å². The van der Waals surface area contributed by atoms with Crippen LogP contribution >= 0.6 is 0 Å². The lowest BCUT2D eigenvalue weighted by molar-refractivity contribution is -0.153. The highest BCUT2D eigenvalue weighted by Gasteiger charge is 2.28. The van der Waals surface area contributed by atoms with E-state index in [4.69, 9.17) is 5.11 Å². The van der Waals surface area contributed by atoms with Gasteiger partial charge < -0.3 is 9.84 Å². The molecule has 7 heteroatoms. The lowest BCUT2D eigenvalue weighted by atomic mass is 10.2. The van der Waals surface area contributed by atoms with Crippen molar-refractivity contribution in [3.8, 4) is 5.75 Å². The molecule has 0 aliphatic rings. The second-order valence-electron chi connectivity index (χ2n) is 4.48. The number of benzene rings is 1. The molecule has 1 rings (SSSR count). The van der Waals surface area contributed by atoms with Gasteiger partial charge in [-0.3, -0.25) is 9.69 Å². The van der Waals surface area contributed by atoms with E-state index < -0.39 is 24.8 Å². The maximum atomic E-state index is 12.0. The number of carbonyl (C=O) groups is 1. The van der Waals surface area contributed by atoms with Gasteiger partial charge in [-0.05, 0) is 31.7 Å². The fraction of sp³-hybridized carbons (Fsp3) is 0.462. The highest BCUT2D eigenvalue weighted by Crippen LogP contribution is 2.19. The van der Waals surface area contributed by atoms with E-state index in [1.54, 1.807) is 31.0 Å². The first-order valence-corrected chi connectivity index (χ1v) is 5.90. The molecular formula is C13H16F3NO3. The van der Waals surface area contributed by atoms with E-state index in [0.29, 0.717) is 6.54 Å². The number of likely N-dealkylation sites (N-methyl/N-ethyl adjacent to an activating group) is 1. The van der Waals surface area contributed by atoms with Crippen molar-refractivity contribution in [1.29, 1.82) is 0 Å². The summed E-state index contributed by atoms with van der Waals surface area (Å²) < 4.78 is 40.5. The van der Waals surface area contributed by atoms with Crippen molar-refractivity contribution in [2.24, 2.45) is 0 Å². The molecule has 0 fully saturated rings. The van der Waals surface area contributed by atoms with Crippen LogP contribution < -0.4 is 4.74 Å². The molecule has 1 aromatic carbocycles. The van der Waals surface area contributed by atoms with Crippen molar-refractivity contribution < 1.29 is 27.8 Å². The molecule has 0 amide bonds. The highest BCUT2D eigenvalue weighted by atomic mass is 19.4. The summed E-state index contributed by atoms with van der Waals surface area (Å²) >= 11 is 0. The number of aliphatic carboxylic acids is 1. The van der Waals surface area contributed by atoms with Crippen molar-refractivity contribution in [2.45, 2.75) is 25.7 Å². The second kappa shape index (κ2) is 6.60. The lowest BCUT2D eigenvalue weighted by Crippen LogP contribution is -2.35. The predicted octanol–water partition coefficient (Wildman–Crippen LogP) is 2.53. The van der Waals surface area contributed by atoms with Crippen molar-refractivity contribution in [3.63, 3.8) is 0 Å². The molecule has 1 aromatic rings. The van der Waals surface area contributed by atoms with Crippen LogP contribution in [0.15, 0.2) is 24.3 Å². The molecule has 0 radical (unpaired) electrons. The fourth-order valence-corrected chi connectivity index (χ4v) is 1.47. The summed E-state index contributed by atoms with van der Waals surface area (Å²) in [6.45, 7) is 0.610. The Labute approximate surface area is 114 Å². The number of carboxylic acids is 1. The van der Waals surface area contributed by atoms with Gasteiger partial charge in [-0.2, -0.15) is 13.2 Å². The minimum atomic E-state index is -4.37. The molecule has 0 heterocycles. The van der Waals surface area contributed by atoms with E-state index in [9.17, 15) is 18.0 Å². The Bertz CT molecular complexity index is 445. The van der Waals surface area contributed by atoms with Gasteiger partial charge in [-0.15, -0.1) is 0 Å². The van der Waals surface area contributed by atoms with Crippen LogP contribution in [0.3, 0.4) is 0 Å². The van der Waals surface area contributed by atoms with Crippen molar-refractivity contribution in [2.75, 3.05) is 13.7 Å². The molecule has 112 valence electrons. The number of carboxylic acid groups (broad SMARTS) is 1. The molecule has 0 bridgehead atoms. The van der Waals surface area contributed by atoms with Gasteiger partial charge in [0.15, 0.2) is 6.61 Å². The quantitative estimate of drug-likeness (QED) is 0.875. The number of ether oxygens (including phenoxy) is 1. The Balaban J connectivity index is 2.56. The van der Waals surface area contributed by atoms with Crippen LogP contribution in [0.1, 0.15) is 12.5 Å². The van der Waals surface area contributed by atoms with E-state index in [1.807, 2.05) is 0 Å². The van der Waals surface area contributed by atoms with Crippen LogP contribution in [0.4, 0.5) is 13.2 Å². The van der Waals surface area contributed by atoms with E-state index in [1.165, 1.54) is 12.1 Å². The second-order valence-corrected chi connectivity index (χ2v) is 4.48. The molecular weight excluding hydrogens is 275 g/mol. The lowest BCUT2D eigenvalue weighted by Gasteiger charge is -2.21. The molecule has 0 saturated carbocycles. The number of hydrogen-bond acceptors (Lipinski definition) is 3. The molecule has 1 unspecified atom stereocenters. The third-order valence-electron chi connectivity index (χ3n) is 2.78. The number of alkyl halides is 3. The molecule has 0 aromatic heterocycles. The summed E-state index contributed by atoms with van der Waals surface area (Å²) in [6.07, 6.45) is -4.37. The zero-order valence-corrected chi connectivity index (χ0v) is 11.1. The minimum Gasteiger partial charge on any atom is -0.484 e. The van der Waals surface area contributed by atoms with Crippen molar-refractivity contribution >= 4 is 5.97 Å². The molecule has 0 saturated heterocycles. The van der Waals surface area contributed by atoms with Crippen LogP contribution in [0, 0.1) is 0 Å². The van der Waals surface area contributed by atoms with Crippen LogP contribution in [0.25, 0.3) is 0 Å². The topological polar surface area (TPSA) is 49.8 Å². The molecule has 1 N–H and O–H groups in total. The number of halogens is 3. The van der Waals surface area contributed by atoms with Crippen LogP contribution in [-0.4, -0.2) is 41.8 Å². The molecule has 0 aliphatic carbocycles. The van der Waals surface area contributed by atoms with Gasteiger partial charge in [0.05, 0.1) is 0 Å². The summed E-state index contributed by atoms with van der Waals surface area (Å²) in [5.74, 6) is -0.808. The molecule has 0 spiro atoms. The average Bonchev–Trinajstić information content (AvgIpc) is 2.36. The van der Waals surface area contributed by atoms with Crippen LogP contribution in [0.2, 0.25) is 0 Å². The van der Waals surface area contributed by atoms with Crippen LogP contribution in [-0.2, 0) is 11.3 Å². The van der Waals surface area contributed by atoms with Crippen LogP contribution in [0.5, 0.6) is 5.75 Å². The number of rotatable bonds is 6. The molecule has 1 atom stereocenters. The molecule has 20 heavy (non-hydrogen) atoms. The van der Waals surface area contributed by atoms with Gasteiger partial charge in [0.2, 0.25) is 0 Å². The summed E-state index contributed by atoms with van der Waals surface area (Å²) in [6, 6.07) is 5.44. The first-order chi connectivity index (χ1) is 9.19. The summed E-state index contributed by atoms with van der Waals surface area (Å²) in [5.41, 5.74) is 0.792. The number of nitrogens with zero attached hydrogens (tertiary/aromatic N) is 1. The summed E-state index contributed by atoms with van der Waals surface area (Å²) in [4.78, 5) is 12.4. The van der Waals surface area contributed by atoms with Gasteiger partial charge in [0, 0.05) is 6.54 Å². The highest BCUT2D eigenvalue weighted by molar-refractivity contribution is 5.72. The van der Waals surface area contributed by atoms with Crippen molar-refractivity contribution in [3.05, 3.63) is 29.8 Å². The normalized spacial score (nSPS) is 13.3. The van der Waals surface area contributed by atoms with Crippen molar-refractivity contribution in [1.82, 2.24) is 4.90 Å². The third-order valence-corrected chi connectivity index (χ3v) is 2.78. The van der Waals surface area contributed by atoms with Gasteiger partial charge in [0.25, 0.3) is 0 Å². The van der Waals surface area contributed by atoms with Gasteiger partial charge in [-0.25, -0.2) is 0 Å². The largest absolute Gasteiger partial charge is 0.484 e. The Morgan fingerprint density at radius 2 is 1.90 bits per heavy atom. The standard InChI is InChI=1S/C13H16F3NO3/c1-9(12(18)19)17(2)7-10-3-5-11(6-4-10)20-8-13(14,15)16/h3-6,9H,7-8H2,1-2H3,(H,18,19). The van der Waals surface area contributed by atoms with E-state index in [-0.39, 0.29) is 5.75 Å². The Morgan fingerprint density at radius 1 is 1.35 bits per heavy atom. The number of hydrogen-bond donors (Lipinski definition) is 1. The minimum absolute atomic E-state index is 0.125. The zero-order valence-electron chi connectivity index (χ0n) is 11.1. The maximum Gasteiger partial charge on any atom is 0.422 e. The first-order valence-electron chi connectivity index (χ1n) is 5.90. The Hall–Kier alpha value is -1.76. The zero-order chi connectivity index (χ0) is 15.3. The Morgan fingerprint density at radius 3 is 2.35 bits per heavy atom. The van der Waals surface area contributed by atoms with E-state index >= 15 is 0 Å². The van der Waals surface area contributed by atoms with Gasteiger partial charge >= 0.3 is 12.1 Å². The molecule has 0 aliphatic heterocycles. The predicted molar refractivity (Wildman–Crippen MR) is 66.6 cm³/mol. The maximum absolute atomic E-state index is 12.0. The summed E-state index contributed by atoms with van der Waals surface area (Å²) in [5, 5.41) is 8.85.